The summed E-state index contributed by atoms with van der Waals surface area (Å²) in [6, 6.07) is 5.84. The summed E-state index contributed by atoms with van der Waals surface area (Å²) in [7, 11) is 0. The molecule has 0 aliphatic rings. The van der Waals surface area contributed by atoms with Crippen LogP contribution in [0.1, 0.15) is 56.0 Å². The van der Waals surface area contributed by atoms with Gasteiger partial charge < -0.3 is 10.6 Å². The standard InChI is InChI=1S/C16H26N2O/c1-5-6-7-11-18(12(2)3)16(19)14-10-8-9-13(4)15(14)17/h8-10,12H,5-7,11,17H2,1-4H3. The maximum atomic E-state index is 12.6. The Hall–Kier alpha value is -1.51. The monoisotopic (exact) mass is 262 g/mol. The highest BCUT2D eigenvalue weighted by molar-refractivity contribution is 5.99. The van der Waals surface area contributed by atoms with Gasteiger partial charge in [0.1, 0.15) is 0 Å². The molecule has 2 N–H and O–H groups in total. The molecule has 19 heavy (non-hydrogen) atoms. The highest BCUT2D eigenvalue weighted by Crippen LogP contribution is 2.20. The number of nitrogens with zero attached hydrogens (tertiary/aromatic N) is 1. The van der Waals surface area contributed by atoms with Gasteiger partial charge >= 0.3 is 0 Å². The molecule has 0 aromatic heterocycles. The van der Waals surface area contributed by atoms with Crippen molar-refractivity contribution in [3.63, 3.8) is 0 Å². The molecular weight excluding hydrogens is 236 g/mol. The Morgan fingerprint density at radius 3 is 2.58 bits per heavy atom. The Balaban J connectivity index is 2.90. The van der Waals surface area contributed by atoms with Gasteiger partial charge in [-0.1, -0.05) is 31.9 Å². The molecule has 0 heterocycles. The predicted molar refractivity (Wildman–Crippen MR) is 81.3 cm³/mol. The SMILES string of the molecule is CCCCCN(C(=O)c1cccc(C)c1N)C(C)C. The third-order valence-corrected chi connectivity index (χ3v) is 3.44. The minimum Gasteiger partial charge on any atom is -0.398 e. The maximum Gasteiger partial charge on any atom is 0.256 e. The van der Waals surface area contributed by atoms with E-state index < -0.39 is 0 Å². The van der Waals surface area contributed by atoms with E-state index in [9.17, 15) is 4.79 Å². The first-order chi connectivity index (χ1) is 8.99. The summed E-state index contributed by atoms with van der Waals surface area (Å²) < 4.78 is 0. The molecule has 0 unspecified atom stereocenters. The zero-order chi connectivity index (χ0) is 14.4. The van der Waals surface area contributed by atoms with Crippen molar-refractivity contribution in [3.8, 4) is 0 Å². The number of hydrogen-bond donors (Lipinski definition) is 1. The van der Waals surface area contributed by atoms with Gasteiger partial charge in [0.05, 0.1) is 5.56 Å². The van der Waals surface area contributed by atoms with Gasteiger partial charge in [-0.05, 0) is 38.8 Å². The first kappa shape index (κ1) is 15.5. The molecule has 0 spiro atoms. The molecule has 0 saturated carbocycles. The van der Waals surface area contributed by atoms with E-state index in [-0.39, 0.29) is 11.9 Å². The fourth-order valence-electron chi connectivity index (χ4n) is 2.15. The van der Waals surface area contributed by atoms with Gasteiger partial charge in [-0.15, -0.1) is 0 Å². The van der Waals surface area contributed by atoms with Crippen LogP contribution in [0.5, 0.6) is 0 Å². The molecule has 1 aromatic rings. The van der Waals surface area contributed by atoms with Crippen LogP contribution in [0.2, 0.25) is 0 Å². The Morgan fingerprint density at radius 2 is 2.00 bits per heavy atom. The van der Waals surface area contributed by atoms with Crippen LogP contribution in [0, 0.1) is 6.92 Å². The third kappa shape index (κ3) is 3.98. The van der Waals surface area contributed by atoms with E-state index >= 15 is 0 Å². The molecule has 1 rings (SSSR count). The molecular formula is C16H26N2O. The summed E-state index contributed by atoms with van der Waals surface area (Å²) >= 11 is 0. The first-order valence-corrected chi connectivity index (χ1v) is 7.15. The molecule has 106 valence electrons. The molecule has 0 fully saturated rings. The molecule has 3 nitrogen and oxygen atoms in total. The van der Waals surface area contributed by atoms with Gasteiger partial charge in [0.15, 0.2) is 0 Å². The summed E-state index contributed by atoms with van der Waals surface area (Å²) in [4.78, 5) is 14.5. The number of unbranched alkanes of at least 4 members (excludes halogenated alkanes) is 2. The minimum absolute atomic E-state index is 0.0484. The number of aryl methyl sites for hydroxylation is 1. The predicted octanol–water partition coefficient (Wildman–Crippen LogP) is 3.62. The Bertz CT molecular complexity index is 427. The first-order valence-electron chi connectivity index (χ1n) is 7.15. The molecule has 0 aliphatic carbocycles. The number of nitrogens with two attached hydrogens (primary N) is 1. The highest BCUT2D eigenvalue weighted by atomic mass is 16.2. The molecule has 1 amide bonds. The van der Waals surface area contributed by atoms with Crippen LogP contribution in [0.15, 0.2) is 18.2 Å². The number of amides is 1. The van der Waals surface area contributed by atoms with E-state index in [1.165, 1.54) is 0 Å². The van der Waals surface area contributed by atoms with Crippen LogP contribution < -0.4 is 5.73 Å². The van der Waals surface area contributed by atoms with Crippen molar-refractivity contribution in [2.45, 2.75) is 53.0 Å². The van der Waals surface area contributed by atoms with Crippen molar-refractivity contribution in [1.82, 2.24) is 4.90 Å². The Labute approximate surface area is 116 Å². The molecule has 0 bridgehead atoms. The lowest BCUT2D eigenvalue weighted by Gasteiger charge is -2.27. The smallest absolute Gasteiger partial charge is 0.256 e. The second-order valence-corrected chi connectivity index (χ2v) is 5.34. The number of nitrogen functional groups attached to an aromatic ring is 1. The van der Waals surface area contributed by atoms with Crippen molar-refractivity contribution in [3.05, 3.63) is 29.3 Å². The van der Waals surface area contributed by atoms with Crippen molar-refractivity contribution in [2.24, 2.45) is 0 Å². The summed E-state index contributed by atoms with van der Waals surface area (Å²) in [6.45, 7) is 9.01. The van der Waals surface area contributed by atoms with Gasteiger partial charge in [-0.25, -0.2) is 0 Å². The van der Waals surface area contributed by atoms with E-state index in [0.29, 0.717) is 11.3 Å². The van der Waals surface area contributed by atoms with Gasteiger partial charge in [0, 0.05) is 18.3 Å². The zero-order valence-electron chi connectivity index (χ0n) is 12.6. The van der Waals surface area contributed by atoms with Gasteiger partial charge in [-0.2, -0.15) is 0 Å². The van der Waals surface area contributed by atoms with Crippen LogP contribution in [0.4, 0.5) is 5.69 Å². The average molecular weight is 262 g/mol. The van der Waals surface area contributed by atoms with Crippen LogP contribution in [-0.4, -0.2) is 23.4 Å². The summed E-state index contributed by atoms with van der Waals surface area (Å²) in [5.74, 6) is 0.0484. The molecule has 0 radical (unpaired) electrons. The van der Waals surface area contributed by atoms with Crippen molar-refractivity contribution < 1.29 is 4.79 Å². The Kier molecular flexibility index (Phi) is 5.87. The molecule has 0 atom stereocenters. The number of hydrogen-bond acceptors (Lipinski definition) is 2. The topological polar surface area (TPSA) is 46.3 Å². The second kappa shape index (κ2) is 7.17. The normalized spacial score (nSPS) is 10.8. The van der Waals surface area contributed by atoms with Gasteiger partial charge in [0.2, 0.25) is 0 Å². The largest absolute Gasteiger partial charge is 0.398 e. The number of carbonyl (C=O) groups excluding carboxylic acids is 1. The van der Waals surface area contributed by atoms with Crippen LogP contribution in [0.3, 0.4) is 0 Å². The van der Waals surface area contributed by atoms with Crippen molar-refractivity contribution in [2.75, 3.05) is 12.3 Å². The van der Waals surface area contributed by atoms with Crippen molar-refractivity contribution >= 4 is 11.6 Å². The van der Waals surface area contributed by atoms with E-state index in [1.807, 2.05) is 30.0 Å². The van der Waals surface area contributed by atoms with Crippen LogP contribution in [-0.2, 0) is 0 Å². The number of carbonyl (C=O) groups is 1. The quantitative estimate of drug-likeness (QED) is 0.628. The summed E-state index contributed by atoms with van der Waals surface area (Å²) in [5, 5.41) is 0. The van der Waals surface area contributed by atoms with Crippen molar-refractivity contribution in [1.29, 1.82) is 0 Å². The fourth-order valence-corrected chi connectivity index (χ4v) is 2.15. The minimum atomic E-state index is 0.0484. The van der Waals surface area contributed by atoms with Gasteiger partial charge in [-0.3, -0.25) is 4.79 Å². The molecule has 1 aromatic carbocycles. The van der Waals surface area contributed by atoms with E-state index in [2.05, 4.69) is 20.8 Å². The number of benzene rings is 1. The second-order valence-electron chi connectivity index (χ2n) is 5.34. The lowest BCUT2D eigenvalue weighted by molar-refractivity contribution is 0.0703. The molecule has 3 heteroatoms. The third-order valence-electron chi connectivity index (χ3n) is 3.44. The Morgan fingerprint density at radius 1 is 1.32 bits per heavy atom. The summed E-state index contributed by atoms with van der Waals surface area (Å²) in [6.07, 6.45) is 3.36. The maximum absolute atomic E-state index is 12.6. The number of anilines is 1. The number of para-hydroxylation sites is 1. The van der Waals surface area contributed by atoms with E-state index in [1.54, 1.807) is 0 Å². The van der Waals surface area contributed by atoms with Crippen LogP contribution in [0.25, 0.3) is 0 Å². The lowest BCUT2D eigenvalue weighted by atomic mass is 10.1. The zero-order valence-corrected chi connectivity index (χ0v) is 12.6. The highest BCUT2D eigenvalue weighted by Gasteiger charge is 2.20. The lowest BCUT2D eigenvalue weighted by Crippen LogP contribution is -2.38. The molecule has 0 aliphatic heterocycles. The van der Waals surface area contributed by atoms with Crippen LogP contribution >= 0.6 is 0 Å². The summed E-state index contributed by atoms with van der Waals surface area (Å²) in [5.41, 5.74) is 8.23. The number of rotatable bonds is 6. The van der Waals surface area contributed by atoms with E-state index in [0.717, 1.165) is 31.4 Å². The van der Waals surface area contributed by atoms with Gasteiger partial charge in [0.25, 0.3) is 5.91 Å². The fraction of sp³-hybridized carbons (Fsp3) is 0.562. The average Bonchev–Trinajstić information content (AvgIpc) is 2.37. The molecule has 0 saturated heterocycles. The van der Waals surface area contributed by atoms with E-state index in [4.69, 9.17) is 5.73 Å².